The van der Waals surface area contributed by atoms with E-state index in [4.69, 9.17) is 10.3 Å². The number of halogens is 3. The smallest absolute Gasteiger partial charge is 0.260 e. The Hall–Kier alpha value is -2.28. The Morgan fingerprint density at radius 2 is 1.67 bits per heavy atom. The van der Waals surface area contributed by atoms with Crippen molar-refractivity contribution in [1.82, 2.24) is 10.1 Å². The number of nitrogen functional groups attached to an aromatic ring is 1. The van der Waals surface area contributed by atoms with Crippen molar-refractivity contribution in [3.05, 3.63) is 52.5 Å². The zero-order valence-electron chi connectivity index (χ0n) is 10.5. The van der Waals surface area contributed by atoms with Crippen molar-refractivity contribution in [2.45, 2.75) is 0 Å². The first-order chi connectivity index (χ1) is 10.0. The van der Waals surface area contributed by atoms with Crippen LogP contribution in [-0.2, 0) is 0 Å². The van der Waals surface area contributed by atoms with Crippen molar-refractivity contribution >= 4 is 21.6 Å². The molecule has 0 fully saturated rings. The minimum atomic E-state index is -0.447. The highest BCUT2D eigenvalue weighted by Gasteiger charge is 2.15. The van der Waals surface area contributed by atoms with Gasteiger partial charge in [0.05, 0.1) is 5.56 Å². The molecule has 0 radical (unpaired) electrons. The Morgan fingerprint density at radius 1 is 1.00 bits per heavy atom. The largest absolute Gasteiger partial charge is 0.398 e. The molecule has 3 rings (SSSR count). The third kappa shape index (κ3) is 2.64. The molecular weight excluding hydrogens is 344 g/mol. The fourth-order valence-corrected chi connectivity index (χ4v) is 2.37. The van der Waals surface area contributed by atoms with E-state index in [-0.39, 0.29) is 23.2 Å². The maximum atomic E-state index is 13.1. The maximum Gasteiger partial charge on any atom is 0.260 e. The second kappa shape index (κ2) is 5.25. The fourth-order valence-electron chi connectivity index (χ4n) is 1.84. The van der Waals surface area contributed by atoms with Crippen LogP contribution in [0, 0.1) is 11.6 Å². The van der Waals surface area contributed by atoms with E-state index in [2.05, 4.69) is 26.1 Å². The highest BCUT2D eigenvalue weighted by atomic mass is 79.9. The molecule has 3 aromatic rings. The summed E-state index contributed by atoms with van der Waals surface area (Å²) < 4.78 is 31.7. The lowest BCUT2D eigenvalue weighted by Crippen LogP contribution is -1.91. The second-order valence-electron chi connectivity index (χ2n) is 4.28. The van der Waals surface area contributed by atoms with Crippen LogP contribution in [0.15, 0.2) is 45.4 Å². The SMILES string of the molecule is Nc1cc(F)ccc1-c1nc(-c2ccc(F)cc2Br)no1. The molecule has 1 heterocycles. The quantitative estimate of drug-likeness (QED) is 0.708. The number of nitrogens with zero attached hydrogens (tertiary/aromatic N) is 2. The summed E-state index contributed by atoms with van der Waals surface area (Å²) in [7, 11) is 0. The molecule has 2 N–H and O–H groups in total. The molecule has 0 atom stereocenters. The van der Waals surface area contributed by atoms with E-state index in [1.165, 1.54) is 36.4 Å². The third-order valence-electron chi connectivity index (χ3n) is 2.84. The highest BCUT2D eigenvalue weighted by Crippen LogP contribution is 2.30. The van der Waals surface area contributed by atoms with Crippen LogP contribution in [-0.4, -0.2) is 10.1 Å². The van der Waals surface area contributed by atoms with Crippen molar-refractivity contribution in [3.8, 4) is 22.8 Å². The molecule has 4 nitrogen and oxygen atoms in total. The van der Waals surface area contributed by atoms with Crippen molar-refractivity contribution in [2.24, 2.45) is 0 Å². The van der Waals surface area contributed by atoms with Gasteiger partial charge in [-0.05, 0) is 52.3 Å². The molecule has 0 aliphatic rings. The van der Waals surface area contributed by atoms with Gasteiger partial charge in [-0.1, -0.05) is 5.16 Å². The lowest BCUT2D eigenvalue weighted by Gasteiger charge is -2.00. The Labute approximate surface area is 126 Å². The number of hydrogen-bond donors (Lipinski definition) is 1. The predicted molar refractivity (Wildman–Crippen MR) is 77.2 cm³/mol. The molecule has 0 unspecified atom stereocenters. The Morgan fingerprint density at radius 3 is 2.33 bits per heavy atom. The van der Waals surface area contributed by atoms with Gasteiger partial charge in [-0.2, -0.15) is 4.98 Å². The van der Waals surface area contributed by atoms with Gasteiger partial charge in [0, 0.05) is 15.7 Å². The molecule has 0 amide bonds. The van der Waals surface area contributed by atoms with Crippen molar-refractivity contribution in [1.29, 1.82) is 0 Å². The number of hydrogen-bond acceptors (Lipinski definition) is 4. The normalized spacial score (nSPS) is 10.8. The topological polar surface area (TPSA) is 64.9 Å². The summed E-state index contributed by atoms with van der Waals surface area (Å²) in [5.41, 5.74) is 6.94. The summed E-state index contributed by atoms with van der Waals surface area (Å²) in [6.07, 6.45) is 0. The fraction of sp³-hybridized carbons (Fsp3) is 0. The van der Waals surface area contributed by atoms with Crippen LogP contribution >= 0.6 is 15.9 Å². The van der Waals surface area contributed by atoms with Gasteiger partial charge in [-0.3, -0.25) is 0 Å². The minimum Gasteiger partial charge on any atom is -0.398 e. The molecule has 7 heteroatoms. The highest BCUT2D eigenvalue weighted by molar-refractivity contribution is 9.10. The Kier molecular flexibility index (Phi) is 3.42. The molecule has 2 aromatic carbocycles. The summed E-state index contributed by atoms with van der Waals surface area (Å²) in [4.78, 5) is 4.20. The number of nitrogens with two attached hydrogens (primary N) is 1. The average molecular weight is 352 g/mol. The third-order valence-corrected chi connectivity index (χ3v) is 3.50. The zero-order valence-corrected chi connectivity index (χ0v) is 12.1. The predicted octanol–water partition coefficient (Wildman–Crippen LogP) is 4.03. The van der Waals surface area contributed by atoms with E-state index in [9.17, 15) is 8.78 Å². The Balaban J connectivity index is 2.03. The minimum absolute atomic E-state index is 0.165. The summed E-state index contributed by atoms with van der Waals surface area (Å²) in [5, 5.41) is 3.83. The van der Waals surface area contributed by atoms with E-state index < -0.39 is 5.82 Å². The number of benzene rings is 2. The molecule has 0 aliphatic carbocycles. The van der Waals surface area contributed by atoms with Gasteiger partial charge in [0.25, 0.3) is 5.89 Å². The summed E-state index contributed by atoms with van der Waals surface area (Å²) in [6, 6.07) is 8.01. The van der Waals surface area contributed by atoms with E-state index >= 15 is 0 Å². The number of anilines is 1. The molecule has 0 bridgehead atoms. The molecule has 0 saturated carbocycles. The first-order valence-electron chi connectivity index (χ1n) is 5.89. The number of rotatable bonds is 2. The van der Waals surface area contributed by atoms with Crippen molar-refractivity contribution < 1.29 is 13.3 Å². The first kappa shape index (κ1) is 13.7. The van der Waals surface area contributed by atoms with Crippen LogP contribution in [0.1, 0.15) is 0 Å². The van der Waals surface area contributed by atoms with E-state index in [0.29, 0.717) is 15.6 Å². The van der Waals surface area contributed by atoms with Crippen molar-refractivity contribution in [3.63, 3.8) is 0 Å². The van der Waals surface area contributed by atoms with Crippen LogP contribution in [0.3, 0.4) is 0 Å². The lowest BCUT2D eigenvalue weighted by molar-refractivity contribution is 0.432. The van der Waals surface area contributed by atoms with Gasteiger partial charge in [0.1, 0.15) is 11.6 Å². The molecule has 0 aliphatic heterocycles. The van der Waals surface area contributed by atoms with Gasteiger partial charge in [-0.25, -0.2) is 8.78 Å². The molecule has 1 aromatic heterocycles. The average Bonchev–Trinajstić information content (AvgIpc) is 2.87. The van der Waals surface area contributed by atoms with Crippen molar-refractivity contribution in [2.75, 3.05) is 5.73 Å². The van der Waals surface area contributed by atoms with Crippen LogP contribution in [0.2, 0.25) is 0 Å². The van der Waals surface area contributed by atoms with Gasteiger partial charge in [0.15, 0.2) is 0 Å². The second-order valence-corrected chi connectivity index (χ2v) is 5.13. The van der Waals surface area contributed by atoms with Crippen LogP contribution in [0.4, 0.5) is 14.5 Å². The van der Waals surface area contributed by atoms with Crippen LogP contribution < -0.4 is 5.73 Å². The van der Waals surface area contributed by atoms with Crippen LogP contribution in [0.25, 0.3) is 22.8 Å². The van der Waals surface area contributed by atoms with Gasteiger partial charge in [-0.15, -0.1) is 0 Å². The molecule has 21 heavy (non-hydrogen) atoms. The summed E-state index contributed by atoms with van der Waals surface area (Å²) >= 11 is 3.24. The van der Waals surface area contributed by atoms with Gasteiger partial charge in [0.2, 0.25) is 5.82 Å². The maximum absolute atomic E-state index is 13.1. The Bertz CT molecular complexity index is 754. The zero-order chi connectivity index (χ0) is 15.0. The van der Waals surface area contributed by atoms with Gasteiger partial charge >= 0.3 is 0 Å². The molecular formula is C14H8BrF2N3O. The lowest BCUT2D eigenvalue weighted by atomic mass is 10.1. The monoisotopic (exact) mass is 351 g/mol. The van der Waals surface area contributed by atoms with E-state index in [0.717, 1.165) is 0 Å². The van der Waals surface area contributed by atoms with E-state index in [1.807, 2.05) is 0 Å². The summed E-state index contributed by atoms with van der Waals surface area (Å²) in [5.74, 6) is -0.381. The standard InChI is InChI=1S/C14H8BrF2N3O/c15-11-5-7(16)1-3-9(11)13-19-14(21-20-13)10-4-2-8(17)6-12(10)18/h1-6H,18H2. The van der Waals surface area contributed by atoms with E-state index in [1.54, 1.807) is 0 Å². The molecule has 0 saturated heterocycles. The van der Waals surface area contributed by atoms with Gasteiger partial charge < -0.3 is 10.3 Å². The summed E-state index contributed by atoms with van der Waals surface area (Å²) in [6.45, 7) is 0. The molecule has 0 spiro atoms. The van der Waals surface area contributed by atoms with Crippen LogP contribution in [0.5, 0.6) is 0 Å². The number of aromatic nitrogens is 2. The first-order valence-corrected chi connectivity index (χ1v) is 6.68. The molecule has 106 valence electrons.